The highest BCUT2D eigenvalue weighted by Gasteiger charge is 2.19. The molecule has 0 saturated heterocycles. The molecule has 0 radical (unpaired) electrons. The number of hydrogen-bond donors (Lipinski definition) is 2. The van der Waals surface area contributed by atoms with E-state index < -0.39 is 23.3 Å². The maximum atomic E-state index is 12.5. The van der Waals surface area contributed by atoms with Gasteiger partial charge in [0.1, 0.15) is 5.75 Å². The molecule has 0 spiro atoms. The summed E-state index contributed by atoms with van der Waals surface area (Å²) in [5, 5.41) is 4.16. The summed E-state index contributed by atoms with van der Waals surface area (Å²) in [7, 11) is 0. The Morgan fingerprint density at radius 2 is 1.71 bits per heavy atom. The number of carbonyl (C=O) groups excluding carboxylic acids is 2. The molecule has 3 rings (SSSR count). The van der Waals surface area contributed by atoms with E-state index >= 15 is 0 Å². The van der Waals surface area contributed by atoms with Crippen LogP contribution in [0.5, 0.6) is 5.75 Å². The molecule has 8 heteroatoms. The van der Waals surface area contributed by atoms with E-state index in [1.807, 2.05) is 44.2 Å². The molecule has 1 atom stereocenters. The first-order valence-electron chi connectivity index (χ1n) is 9.77. The van der Waals surface area contributed by atoms with Gasteiger partial charge >= 0.3 is 0 Å². The molecule has 2 N–H and O–H groups in total. The van der Waals surface area contributed by atoms with Gasteiger partial charge in [-0.2, -0.15) is 5.10 Å². The molecule has 0 fully saturated rings. The van der Waals surface area contributed by atoms with E-state index in [9.17, 15) is 14.4 Å². The monoisotopic (exact) mass is 420 g/mol. The molecule has 1 heterocycles. The maximum absolute atomic E-state index is 12.5. The van der Waals surface area contributed by atoms with Crippen molar-refractivity contribution in [1.82, 2.24) is 20.6 Å². The summed E-state index contributed by atoms with van der Waals surface area (Å²) in [6.45, 7) is 7.13. The van der Waals surface area contributed by atoms with Crippen LogP contribution >= 0.6 is 0 Å². The number of carbonyl (C=O) groups is 2. The fraction of sp³-hybridized carbons (Fsp3) is 0.217. The Balaban J connectivity index is 1.69. The molecule has 0 saturated carbocycles. The Morgan fingerprint density at radius 1 is 1.00 bits per heavy atom. The first kappa shape index (κ1) is 21.8. The van der Waals surface area contributed by atoms with Crippen molar-refractivity contribution in [2.75, 3.05) is 0 Å². The lowest BCUT2D eigenvalue weighted by Gasteiger charge is -2.17. The molecule has 0 aliphatic carbocycles. The van der Waals surface area contributed by atoms with Gasteiger partial charge in [-0.25, -0.2) is 4.68 Å². The van der Waals surface area contributed by atoms with Gasteiger partial charge in [0, 0.05) is 11.8 Å². The van der Waals surface area contributed by atoms with Crippen molar-refractivity contribution in [3.8, 4) is 11.4 Å². The van der Waals surface area contributed by atoms with Crippen LogP contribution in [0.25, 0.3) is 5.69 Å². The maximum Gasteiger partial charge on any atom is 0.294 e. The van der Waals surface area contributed by atoms with Gasteiger partial charge in [0.05, 0.1) is 5.69 Å². The van der Waals surface area contributed by atoms with Gasteiger partial charge in [-0.1, -0.05) is 30.3 Å². The van der Waals surface area contributed by atoms with Crippen molar-refractivity contribution in [2.24, 2.45) is 0 Å². The molecule has 3 aromatic rings. The van der Waals surface area contributed by atoms with Crippen molar-refractivity contribution in [2.45, 2.75) is 33.8 Å². The van der Waals surface area contributed by atoms with Gasteiger partial charge in [0.25, 0.3) is 11.8 Å². The minimum absolute atomic E-state index is 0.335. The summed E-state index contributed by atoms with van der Waals surface area (Å²) in [6.07, 6.45) is -0.868. The van der Waals surface area contributed by atoms with E-state index in [2.05, 4.69) is 16.0 Å². The van der Waals surface area contributed by atoms with E-state index in [1.165, 1.54) is 10.7 Å². The van der Waals surface area contributed by atoms with E-state index in [0.717, 1.165) is 11.1 Å². The predicted octanol–water partition coefficient (Wildman–Crippen LogP) is 2.39. The zero-order valence-electron chi connectivity index (χ0n) is 17.8. The lowest BCUT2D eigenvalue weighted by atomic mass is 10.1. The van der Waals surface area contributed by atoms with Crippen LogP contribution < -0.4 is 21.0 Å². The number of aromatic nitrogens is 2. The minimum atomic E-state index is -0.868. The SMILES string of the molecule is Cc1cccc(O[C@@H](C)C(=O)NNC(=O)c2nn(-c3ccccc3)c(C)cc2=O)c1C. The fourth-order valence-corrected chi connectivity index (χ4v) is 2.91. The van der Waals surface area contributed by atoms with Crippen LogP contribution in [0.3, 0.4) is 0 Å². The highest BCUT2D eigenvalue weighted by molar-refractivity contribution is 5.94. The van der Waals surface area contributed by atoms with Crippen LogP contribution in [-0.2, 0) is 4.79 Å². The van der Waals surface area contributed by atoms with Gasteiger partial charge < -0.3 is 4.74 Å². The second-order valence-corrected chi connectivity index (χ2v) is 7.15. The Labute approximate surface area is 179 Å². The Hall–Kier alpha value is -3.94. The highest BCUT2D eigenvalue weighted by Crippen LogP contribution is 2.21. The van der Waals surface area contributed by atoms with Gasteiger partial charge in [-0.3, -0.25) is 25.2 Å². The van der Waals surface area contributed by atoms with Gasteiger partial charge in [-0.05, 0) is 57.0 Å². The first-order valence-corrected chi connectivity index (χ1v) is 9.77. The molecule has 0 aliphatic heterocycles. The van der Waals surface area contributed by atoms with Crippen molar-refractivity contribution in [3.63, 3.8) is 0 Å². The standard InChI is InChI=1S/C23H24N4O4/c1-14-9-8-12-20(16(14)3)31-17(4)22(29)24-25-23(30)21-19(28)13-15(2)27(26-21)18-10-6-5-7-11-18/h5-13,17H,1-4H3,(H,24,29)(H,25,30)/t17-/m0/s1. The van der Waals surface area contributed by atoms with Crippen LogP contribution in [0.2, 0.25) is 0 Å². The number of nitrogens with zero attached hydrogens (tertiary/aromatic N) is 2. The Morgan fingerprint density at radius 3 is 2.42 bits per heavy atom. The minimum Gasteiger partial charge on any atom is -0.481 e. The van der Waals surface area contributed by atoms with E-state index in [1.54, 1.807) is 32.0 Å². The lowest BCUT2D eigenvalue weighted by molar-refractivity contribution is -0.128. The summed E-state index contributed by atoms with van der Waals surface area (Å²) < 4.78 is 7.19. The number of aryl methyl sites for hydroxylation is 2. The van der Waals surface area contributed by atoms with Crippen LogP contribution in [0.1, 0.15) is 34.2 Å². The second-order valence-electron chi connectivity index (χ2n) is 7.15. The molecule has 0 unspecified atom stereocenters. The third-order valence-corrected chi connectivity index (χ3v) is 4.85. The number of benzene rings is 2. The van der Waals surface area contributed by atoms with Gasteiger partial charge in [0.2, 0.25) is 5.43 Å². The second kappa shape index (κ2) is 9.25. The van der Waals surface area contributed by atoms with Crippen molar-refractivity contribution >= 4 is 11.8 Å². The summed E-state index contributed by atoms with van der Waals surface area (Å²) in [4.78, 5) is 37.1. The third kappa shape index (κ3) is 4.98. The van der Waals surface area contributed by atoms with Crippen molar-refractivity contribution in [1.29, 1.82) is 0 Å². The molecule has 1 aromatic heterocycles. The zero-order valence-corrected chi connectivity index (χ0v) is 17.8. The number of hydrazine groups is 1. The molecule has 8 nitrogen and oxygen atoms in total. The summed E-state index contributed by atoms with van der Waals surface area (Å²) >= 11 is 0. The number of amides is 2. The smallest absolute Gasteiger partial charge is 0.294 e. The highest BCUT2D eigenvalue weighted by atomic mass is 16.5. The summed E-state index contributed by atoms with van der Waals surface area (Å²) in [5.41, 5.74) is 6.89. The number of ether oxygens (including phenoxy) is 1. The predicted molar refractivity (Wildman–Crippen MR) is 116 cm³/mol. The average molecular weight is 420 g/mol. The molecule has 160 valence electrons. The fourth-order valence-electron chi connectivity index (χ4n) is 2.91. The van der Waals surface area contributed by atoms with Crippen LogP contribution in [0, 0.1) is 20.8 Å². The summed E-state index contributed by atoms with van der Waals surface area (Å²) in [6, 6.07) is 16.0. The van der Waals surface area contributed by atoms with Crippen LogP contribution in [0.4, 0.5) is 0 Å². The molecule has 31 heavy (non-hydrogen) atoms. The number of para-hydroxylation sites is 1. The topological polar surface area (TPSA) is 102 Å². The number of nitrogens with one attached hydrogen (secondary N) is 2. The normalized spacial score (nSPS) is 11.5. The quantitative estimate of drug-likeness (QED) is 0.617. The number of hydrogen-bond acceptors (Lipinski definition) is 5. The molecule has 0 aliphatic rings. The number of rotatable bonds is 5. The van der Waals surface area contributed by atoms with Crippen LogP contribution in [-0.4, -0.2) is 27.7 Å². The largest absolute Gasteiger partial charge is 0.481 e. The van der Waals surface area contributed by atoms with E-state index in [4.69, 9.17) is 4.74 Å². The van der Waals surface area contributed by atoms with Gasteiger partial charge in [0.15, 0.2) is 11.8 Å². The molecule has 0 bridgehead atoms. The third-order valence-electron chi connectivity index (χ3n) is 4.85. The van der Waals surface area contributed by atoms with Gasteiger partial charge in [-0.15, -0.1) is 0 Å². The van der Waals surface area contributed by atoms with Crippen LogP contribution in [0.15, 0.2) is 59.4 Å². The molecular formula is C23H24N4O4. The van der Waals surface area contributed by atoms with Crippen molar-refractivity contribution < 1.29 is 14.3 Å². The van der Waals surface area contributed by atoms with E-state index in [-0.39, 0.29) is 5.69 Å². The molecule has 2 amide bonds. The summed E-state index contributed by atoms with van der Waals surface area (Å²) in [5.74, 6) is -0.799. The Bertz CT molecular complexity index is 1170. The average Bonchev–Trinajstić information content (AvgIpc) is 2.75. The lowest BCUT2D eigenvalue weighted by Crippen LogP contribution is -2.48. The van der Waals surface area contributed by atoms with Crippen molar-refractivity contribution in [3.05, 3.63) is 87.3 Å². The van der Waals surface area contributed by atoms with E-state index in [0.29, 0.717) is 17.1 Å². The Kier molecular flexibility index (Phi) is 6.49. The first-order chi connectivity index (χ1) is 14.8. The molecular weight excluding hydrogens is 396 g/mol. The zero-order chi connectivity index (χ0) is 22.5. The molecule has 2 aromatic carbocycles.